The van der Waals surface area contributed by atoms with E-state index < -0.39 is 10.0 Å². The number of hydrogen-bond acceptors (Lipinski definition) is 4. The van der Waals surface area contributed by atoms with Crippen molar-refractivity contribution in [1.29, 1.82) is 0 Å². The van der Waals surface area contributed by atoms with E-state index in [0.29, 0.717) is 24.4 Å². The molecule has 1 N–H and O–H groups in total. The number of hydrogen-bond donors (Lipinski definition) is 1. The molecular formula is C17H22ClNO4S. The molecule has 5 nitrogen and oxygen atoms in total. The topological polar surface area (TPSA) is 70.8 Å². The van der Waals surface area contributed by atoms with Crippen LogP contribution in [0.3, 0.4) is 0 Å². The van der Waals surface area contributed by atoms with E-state index in [1.54, 1.807) is 24.5 Å². The van der Waals surface area contributed by atoms with Crippen LogP contribution in [0.15, 0.2) is 52.2 Å². The van der Waals surface area contributed by atoms with Crippen LogP contribution in [-0.4, -0.2) is 31.0 Å². The highest BCUT2D eigenvalue weighted by Gasteiger charge is 2.25. The Labute approximate surface area is 147 Å². The maximum absolute atomic E-state index is 12.9. The number of aliphatic hydroxyl groups is 1. The van der Waals surface area contributed by atoms with Gasteiger partial charge in [-0.1, -0.05) is 18.5 Å². The second-order valence-electron chi connectivity index (χ2n) is 5.83. The van der Waals surface area contributed by atoms with Gasteiger partial charge in [-0.15, -0.1) is 0 Å². The third kappa shape index (κ3) is 5.08. The van der Waals surface area contributed by atoms with E-state index in [-0.39, 0.29) is 24.0 Å². The minimum absolute atomic E-state index is 0.104. The van der Waals surface area contributed by atoms with E-state index in [0.717, 1.165) is 5.56 Å². The summed E-state index contributed by atoms with van der Waals surface area (Å²) < 4.78 is 32.4. The molecule has 0 aliphatic carbocycles. The third-order valence-electron chi connectivity index (χ3n) is 3.88. The van der Waals surface area contributed by atoms with Gasteiger partial charge in [0.1, 0.15) is 0 Å². The van der Waals surface area contributed by atoms with Crippen LogP contribution in [0.2, 0.25) is 5.02 Å². The predicted octanol–water partition coefficient (Wildman–Crippen LogP) is 3.53. The first-order valence-corrected chi connectivity index (χ1v) is 9.63. The summed E-state index contributed by atoms with van der Waals surface area (Å²) in [4.78, 5) is 0.213. The molecule has 0 unspecified atom stereocenters. The Morgan fingerprint density at radius 3 is 2.50 bits per heavy atom. The molecule has 0 fully saturated rings. The molecular weight excluding hydrogens is 350 g/mol. The number of nitrogens with zero attached hydrogens (tertiary/aromatic N) is 1. The fourth-order valence-electron chi connectivity index (χ4n) is 2.36. The summed E-state index contributed by atoms with van der Waals surface area (Å²) in [5.41, 5.74) is 0.794. The van der Waals surface area contributed by atoms with Gasteiger partial charge in [-0.25, -0.2) is 8.42 Å². The predicted molar refractivity (Wildman–Crippen MR) is 93.2 cm³/mol. The van der Waals surface area contributed by atoms with Gasteiger partial charge in [0.15, 0.2) is 0 Å². The quantitative estimate of drug-likeness (QED) is 0.732. The lowest BCUT2D eigenvalue weighted by Crippen LogP contribution is -2.32. The van der Waals surface area contributed by atoms with Gasteiger partial charge >= 0.3 is 0 Å². The molecule has 0 saturated carbocycles. The molecule has 1 aromatic carbocycles. The molecule has 0 radical (unpaired) electrons. The highest BCUT2D eigenvalue weighted by atomic mass is 35.5. The van der Waals surface area contributed by atoms with Crippen molar-refractivity contribution in [2.75, 3.05) is 13.2 Å². The lowest BCUT2D eigenvalue weighted by Gasteiger charge is -2.23. The van der Waals surface area contributed by atoms with Gasteiger partial charge in [0.05, 0.1) is 17.4 Å². The van der Waals surface area contributed by atoms with Crippen molar-refractivity contribution in [3.8, 4) is 0 Å². The van der Waals surface area contributed by atoms with Crippen molar-refractivity contribution in [1.82, 2.24) is 4.31 Å². The molecule has 0 aliphatic rings. The van der Waals surface area contributed by atoms with Gasteiger partial charge in [0.2, 0.25) is 10.0 Å². The first kappa shape index (κ1) is 19.0. The zero-order valence-electron chi connectivity index (χ0n) is 13.6. The van der Waals surface area contributed by atoms with Crippen LogP contribution < -0.4 is 0 Å². The monoisotopic (exact) mass is 371 g/mol. The van der Waals surface area contributed by atoms with E-state index >= 15 is 0 Å². The zero-order chi connectivity index (χ0) is 17.6. The van der Waals surface area contributed by atoms with E-state index in [4.69, 9.17) is 21.1 Å². The highest BCUT2D eigenvalue weighted by Crippen LogP contribution is 2.22. The standard InChI is InChI=1S/C17H22ClNO4S/c1-14(7-10-20)6-9-19(12-15-8-11-23-13-15)24(21,22)17-4-2-16(18)3-5-17/h2-5,8,11,13-14,20H,6-7,9-10,12H2,1H3/t14-/m1/s1. The van der Waals surface area contributed by atoms with Crippen molar-refractivity contribution in [2.45, 2.75) is 31.2 Å². The van der Waals surface area contributed by atoms with Crippen LogP contribution in [-0.2, 0) is 16.6 Å². The fraction of sp³-hybridized carbons (Fsp3) is 0.412. The van der Waals surface area contributed by atoms with Gasteiger partial charge in [-0.05, 0) is 49.1 Å². The Balaban J connectivity index is 2.21. The molecule has 2 aromatic rings. The largest absolute Gasteiger partial charge is 0.472 e. The molecule has 0 bridgehead atoms. The van der Waals surface area contributed by atoms with Gasteiger partial charge < -0.3 is 9.52 Å². The summed E-state index contributed by atoms with van der Waals surface area (Å²) in [7, 11) is -3.63. The zero-order valence-corrected chi connectivity index (χ0v) is 15.1. The Morgan fingerprint density at radius 1 is 1.21 bits per heavy atom. The van der Waals surface area contributed by atoms with Crippen LogP contribution in [0, 0.1) is 5.92 Å². The van der Waals surface area contributed by atoms with Crippen LogP contribution in [0.25, 0.3) is 0 Å². The Morgan fingerprint density at radius 2 is 1.92 bits per heavy atom. The van der Waals surface area contributed by atoms with Crippen molar-refractivity contribution in [3.05, 3.63) is 53.4 Å². The molecule has 0 spiro atoms. The molecule has 7 heteroatoms. The van der Waals surface area contributed by atoms with E-state index in [1.807, 2.05) is 6.92 Å². The summed E-state index contributed by atoms with van der Waals surface area (Å²) in [5, 5.41) is 9.51. The summed E-state index contributed by atoms with van der Waals surface area (Å²) in [5.74, 6) is 0.238. The van der Waals surface area contributed by atoms with Gasteiger partial charge in [0.25, 0.3) is 0 Å². The summed E-state index contributed by atoms with van der Waals surface area (Å²) in [6.45, 7) is 2.72. The number of furan rings is 1. The molecule has 2 rings (SSSR count). The second-order valence-corrected chi connectivity index (χ2v) is 8.20. The SMILES string of the molecule is C[C@@H](CCO)CCN(Cc1ccoc1)S(=O)(=O)c1ccc(Cl)cc1. The fourth-order valence-corrected chi connectivity index (χ4v) is 3.92. The van der Waals surface area contributed by atoms with Gasteiger partial charge in [-0.2, -0.15) is 4.31 Å². The molecule has 0 saturated heterocycles. The molecule has 24 heavy (non-hydrogen) atoms. The highest BCUT2D eigenvalue weighted by molar-refractivity contribution is 7.89. The Hall–Kier alpha value is -1.34. The summed E-state index contributed by atoms with van der Waals surface area (Å²) in [6, 6.07) is 7.91. The number of halogens is 1. The first-order chi connectivity index (χ1) is 11.4. The second kappa shape index (κ2) is 8.67. The van der Waals surface area contributed by atoms with Crippen molar-refractivity contribution in [3.63, 3.8) is 0 Å². The molecule has 1 atom stereocenters. The maximum atomic E-state index is 12.9. The van der Waals surface area contributed by atoms with Crippen molar-refractivity contribution >= 4 is 21.6 Å². The van der Waals surface area contributed by atoms with E-state index in [1.165, 1.54) is 22.7 Å². The maximum Gasteiger partial charge on any atom is 0.243 e. The van der Waals surface area contributed by atoms with Gasteiger partial charge in [-0.3, -0.25) is 0 Å². The third-order valence-corrected chi connectivity index (χ3v) is 6.00. The smallest absolute Gasteiger partial charge is 0.243 e. The van der Waals surface area contributed by atoms with Crippen LogP contribution in [0.5, 0.6) is 0 Å². The summed E-state index contributed by atoms with van der Waals surface area (Å²) >= 11 is 5.85. The Bertz CT molecular complexity index is 714. The number of aliphatic hydroxyl groups excluding tert-OH is 1. The minimum atomic E-state index is -3.63. The number of rotatable bonds is 9. The lowest BCUT2D eigenvalue weighted by atomic mass is 10.0. The number of benzene rings is 1. The average molecular weight is 372 g/mol. The molecule has 1 aromatic heterocycles. The number of sulfonamides is 1. The Kier molecular flexibility index (Phi) is 6.86. The molecule has 1 heterocycles. The van der Waals surface area contributed by atoms with E-state index in [9.17, 15) is 8.42 Å². The van der Waals surface area contributed by atoms with Crippen LogP contribution in [0.4, 0.5) is 0 Å². The van der Waals surface area contributed by atoms with E-state index in [2.05, 4.69) is 0 Å². The summed E-state index contributed by atoms with van der Waals surface area (Å²) in [6.07, 6.45) is 4.39. The van der Waals surface area contributed by atoms with Crippen LogP contribution >= 0.6 is 11.6 Å². The van der Waals surface area contributed by atoms with Crippen LogP contribution in [0.1, 0.15) is 25.3 Å². The molecule has 0 amide bonds. The van der Waals surface area contributed by atoms with Gasteiger partial charge in [0, 0.05) is 30.3 Å². The molecule has 0 aliphatic heterocycles. The molecule has 132 valence electrons. The van der Waals surface area contributed by atoms with Crippen molar-refractivity contribution in [2.24, 2.45) is 5.92 Å². The van der Waals surface area contributed by atoms with Crippen molar-refractivity contribution < 1.29 is 17.9 Å². The first-order valence-electron chi connectivity index (χ1n) is 7.81. The normalized spacial score (nSPS) is 13.3. The lowest BCUT2D eigenvalue weighted by molar-refractivity contribution is 0.251. The minimum Gasteiger partial charge on any atom is -0.472 e. The average Bonchev–Trinajstić information content (AvgIpc) is 3.05.